The minimum absolute atomic E-state index is 0.336. The average Bonchev–Trinajstić information content (AvgIpc) is 2.84. The van der Waals surface area contributed by atoms with Gasteiger partial charge < -0.3 is 38.3 Å². The third-order valence-electron chi connectivity index (χ3n) is 6.13. The Balaban J connectivity index is 2.18. The van der Waals surface area contributed by atoms with Gasteiger partial charge in [0.25, 0.3) is 0 Å². The largest absolute Gasteiger partial charge is 0.453 e. The van der Waals surface area contributed by atoms with Crippen molar-refractivity contribution in [1.29, 1.82) is 0 Å². The maximum atomic E-state index is 12.9. The van der Waals surface area contributed by atoms with Crippen LogP contribution in [0, 0.1) is 0 Å². The Morgan fingerprint density at radius 2 is 0.861 bits per heavy atom. The van der Waals surface area contributed by atoms with Crippen LogP contribution in [0.5, 0.6) is 0 Å². The van der Waals surface area contributed by atoms with Gasteiger partial charge in [-0.2, -0.15) is 0 Å². The van der Waals surface area contributed by atoms with E-state index in [1.807, 2.05) is 13.8 Å². The van der Waals surface area contributed by atoms with Gasteiger partial charge in [-0.05, 0) is 40.5 Å². The van der Waals surface area contributed by atoms with Crippen LogP contribution in [0.15, 0.2) is 47.1 Å². The number of carbonyl (C=O) groups is 4. The number of carbonyl (C=O) groups excluding carboxylic acids is 4. The zero-order valence-corrected chi connectivity index (χ0v) is 22.5. The van der Waals surface area contributed by atoms with Crippen LogP contribution in [0.2, 0.25) is 0 Å². The minimum atomic E-state index is -1.11. The standard InChI is InChI=1S/C26H38B2N2O6/c1-7-9-13-35-27-23(31)19(3)15-29(16-20(4)24(27)32)11-12-30-17-21(5)25(33)28(36-14-10-8-2)26(34)22(6)18-30/h15-18H,7-14H2,1-6H3. The Kier molecular flexibility index (Phi) is 11.6. The first-order chi connectivity index (χ1) is 17.1. The van der Waals surface area contributed by atoms with Crippen LogP contribution in [0.4, 0.5) is 0 Å². The Hall–Kier alpha value is -2.71. The Labute approximate surface area is 215 Å². The summed E-state index contributed by atoms with van der Waals surface area (Å²) in [5.41, 5.74) is 0.366. The van der Waals surface area contributed by atoms with Gasteiger partial charge in [-0.3, -0.25) is 0 Å². The summed E-state index contributed by atoms with van der Waals surface area (Å²) in [7, 11) is 0. The second kappa shape index (κ2) is 14.1. The van der Waals surface area contributed by atoms with Crippen molar-refractivity contribution in [2.24, 2.45) is 0 Å². The van der Waals surface area contributed by atoms with Crippen LogP contribution >= 0.6 is 0 Å². The summed E-state index contributed by atoms with van der Waals surface area (Å²) >= 11 is 0. The highest BCUT2D eigenvalue weighted by molar-refractivity contribution is 7.11. The van der Waals surface area contributed by atoms with E-state index in [1.54, 1.807) is 62.3 Å². The van der Waals surface area contributed by atoms with Gasteiger partial charge in [-0.15, -0.1) is 0 Å². The first kappa shape index (κ1) is 29.5. The molecule has 0 radical (unpaired) electrons. The molecule has 0 N–H and O–H groups in total. The molecule has 0 aromatic heterocycles. The van der Waals surface area contributed by atoms with E-state index in [-0.39, 0.29) is 22.7 Å². The van der Waals surface area contributed by atoms with E-state index < -0.39 is 13.8 Å². The molecule has 2 heterocycles. The zero-order valence-electron chi connectivity index (χ0n) is 22.5. The van der Waals surface area contributed by atoms with Crippen molar-refractivity contribution in [2.45, 2.75) is 67.2 Å². The summed E-state index contributed by atoms with van der Waals surface area (Å²) < 4.78 is 11.3. The Morgan fingerprint density at radius 3 is 1.11 bits per heavy atom. The lowest BCUT2D eigenvalue weighted by Gasteiger charge is -2.26. The molecular formula is C26H38B2N2O6. The summed E-state index contributed by atoms with van der Waals surface area (Å²) in [5.74, 6) is 0. The van der Waals surface area contributed by atoms with Crippen molar-refractivity contribution < 1.29 is 28.5 Å². The molecule has 36 heavy (non-hydrogen) atoms. The highest BCUT2D eigenvalue weighted by Gasteiger charge is 2.38. The van der Waals surface area contributed by atoms with Crippen LogP contribution in [-0.2, 0) is 28.5 Å². The van der Waals surface area contributed by atoms with Crippen molar-refractivity contribution in [2.75, 3.05) is 26.3 Å². The molecule has 0 aromatic rings. The van der Waals surface area contributed by atoms with Gasteiger partial charge in [-0.1, -0.05) is 26.7 Å². The van der Waals surface area contributed by atoms with Crippen LogP contribution in [0.3, 0.4) is 0 Å². The molecule has 0 saturated heterocycles. The molecule has 0 spiro atoms. The first-order valence-electron chi connectivity index (χ1n) is 12.8. The van der Waals surface area contributed by atoms with Gasteiger partial charge in [0.1, 0.15) is 0 Å². The number of nitrogens with zero attached hydrogens (tertiary/aromatic N) is 2. The van der Waals surface area contributed by atoms with Gasteiger partial charge in [-0.25, -0.2) is 0 Å². The van der Waals surface area contributed by atoms with Crippen LogP contribution < -0.4 is 0 Å². The van der Waals surface area contributed by atoms with E-state index in [0.717, 1.165) is 25.7 Å². The van der Waals surface area contributed by atoms with Gasteiger partial charge in [0.15, 0.2) is 22.7 Å². The normalized spacial score (nSPS) is 17.8. The monoisotopic (exact) mass is 496 g/mol. The van der Waals surface area contributed by atoms with E-state index in [2.05, 4.69) is 0 Å². The lowest BCUT2D eigenvalue weighted by Crippen LogP contribution is -2.43. The smallest absolute Gasteiger partial charge is 0.423 e. The third kappa shape index (κ3) is 7.90. The van der Waals surface area contributed by atoms with Crippen molar-refractivity contribution in [1.82, 2.24) is 9.80 Å². The van der Waals surface area contributed by atoms with Gasteiger partial charge >= 0.3 is 13.8 Å². The fourth-order valence-corrected chi connectivity index (χ4v) is 3.87. The summed E-state index contributed by atoms with van der Waals surface area (Å²) in [6.45, 7) is 10.1. The van der Waals surface area contributed by atoms with E-state index in [1.165, 1.54) is 0 Å². The molecule has 2 rings (SSSR count). The predicted octanol–water partition coefficient (Wildman–Crippen LogP) is 3.28. The van der Waals surface area contributed by atoms with Gasteiger partial charge in [0, 0.05) is 73.4 Å². The summed E-state index contributed by atoms with van der Waals surface area (Å²) in [6.07, 6.45) is 10.2. The average molecular weight is 496 g/mol. The molecule has 0 aromatic carbocycles. The van der Waals surface area contributed by atoms with E-state index >= 15 is 0 Å². The minimum Gasteiger partial charge on any atom is -0.423 e. The molecule has 0 amide bonds. The number of unbranched alkanes of at least 4 members (excludes halogenated alkanes) is 2. The number of hydrogen-bond donors (Lipinski definition) is 0. The quantitative estimate of drug-likeness (QED) is 0.318. The van der Waals surface area contributed by atoms with Crippen LogP contribution in [-0.4, -0.2) is 72.7 Å². The van der Waals surface area contributed by atoms with Crippen LogP contribution in [0.1, 0.15) is 67.2 Å². The Morgan fingerprint density at radius 1 is 0.583 bits per heavy atom. The fourth-order valence-electron chi connectivity index (χ4n) is 3.87. The summed E-state index contributed by atoms with van der Waals surface area (Å²) in [5, 5.41) is 0. The van der Waals surface area contributed by atoms with Crippen molar-refractivity contribution in [3.05, 3.63) is 47.1 Å². The van der Waals surface area contributed by atoms with Gasteiger partial charge in [0.2, 0.25) is 0 Å². The second-order valence-corrected chi connectivity index (χ2v) is 9.39. The predicted molar refractivity (Wildman–Crippen MR) is 142 cm³/mol. The summed E-state index contributed by atoms with van der Waals surface area (Å²) in [4.78, 5) is 55.1. The van der Waals surface area contributed by atoms with Crippen molar-refractivity contribution in [3.63, 3.8) is 0 Å². The molecule has 0 bridgehead atoms. The van der Waals surface area contributed by atoms with E-state index in [0.29, 0.717) is 48.6 Å². The van der Waals surface area contributed by atoms with Crippen molar-refractivity contribution >= 4 is 36.6 Å². The highest BCUT2D eigenvalue weighted by atomic mass is 16.4. The van der Waals surface area contributed by atoms with E-state index in [9.17, 15) is 19.2 Å². The number of rotatable bonds is 11. The number of hydrogen-bond acceptors (Lipinski definition) is 8. The summed E-state index contributed by atoms with van der Waals surface area (Å²) in [6, 6.07) is 0. The molecular weight excluding hydrogens is 458 g/mol. The molecule has 2 aliphatic rings. The second-order valence-electron chi connectivity index (χ2n) is 9.39. The molecule has 0 aliphatic carbocycles. The molecule has 0 unspecified atom stereocenters. The SMILES string of the molecule is CCCCOB1C(=O)C(C)=CN(CCN2C=C(C)C(=O)B(OCCCC)C(=O)C(C)=C2)C=C(C)C1=O. The Bertz CT molecular complexity index is 843. The maximum absolute atomic E-state index is 12.9. The molecule has 0 saturated carbocycles. The lowest BCUT2D eigenvalue weighted by molar-refractivity contribution is -0.115. The van der Waals surface area contributed by atoms with Gasteiger partial charge in [0.05, 0.1) is 0 Å². The third-order valence-corrected chi connectivity index (χ3v) is 6.13. The molecule has 0 atom stereocenters. The molecule has 0 fully saturated rings. The topological polar surface area (TPSA) is 93.2 Å². The van der Waals surface area contributed by atoms with Crippen LogP contribution in [0.25, 0.3) is 0 Å². The molecule has 2 aliphatic heterocycles. The maximum Gasteiger partial charge on any atom is 0.453 e. The number of allylic oxidation sites excluding steroid dienone is 4. The zero-order chi connectivity index (χ0) is 26.8. The van der Waals surface area contributed by atoms with Crippen molar-refractivity contribution in [3.8, 4) is 0 Å². The molecule has 10 heteroatoms. The molecule has 8 nitrogen and oxygen atoms in total. The molecule has 194 valence electrons. The lowest BCUT2D eigenvalue weighted by atomic mass is 9.55. The fraction of sp³-hybridized carbons (Fsp3) is 0.538. The first-order valence-corrected chi connectivity index (χ1v) is 12.8. The highest BCUT2D eigenvalue weighted by Crippen LogP contribution is 2.17. The van der Waals surface area contributed by atoms with E-state index in [4.69, 9.17) is 9.31 Å².